The predicted molar refractivity (Wildman–Crippen MR) is 72.0 cm³/mol. The van der Waals surface area contributed by atoms with Crippen molar-refractivity contribution in [3.8, 4) is 5.75 Å². The van der Waals surface area contributed by atoms with Gasteiger partial charge in [-0.05, 0) is 37.0 Å². The Labute approximate surface area is 116 Å². The number of alkyl halides is 3. The normalized spacial score (nSPS) is 11.7. The van der Waals surface area contributed by atoms with Crippen molar-refractivity contribution in [1.29, 1.82) is 5.41 Å². The molecule has 0 aromatic heterocycles. The molecule has 0 bridgehead atoms. The van der Waals surface area contributed by atoms with Crippen LogP contribution < -0.4 is 10.5 Å². The minimum absolute atomic E-state index is 0.145. The van der Waals surface area contributed by atoms with Gasteiger partial charge >= 0.3 is 6.18 Å². The lowest BCUT2D eigenvalue weighted by molar-refractivity contribution is -0.137. The van der Waals surface area contributed by atoms with Crippen LogP contribution >= 0.6 is 0 Å². The summed E-state index contributed by atoms with van der Waals surface area (Å²) in [7, 11) is 0. The van der Waals surface area contributed by atoms with Crippen molar-refractivity contribution in [2.45, 2.75) is 32.9 Å². The van der Waals surface area contributed by atoms with Crippen molar-refractivity contribution >= 4 is 5.84 Å². The summed E-state index contributed by atoms with van der Waals surface area (Å²) in [6.45, 7) is 4.52. The molecule has 0 radical (unpaired) electrons. The Bertz CT molecular complexity index is 470. The molecule has 0 saturated carbocycles. The Balaban J connectivity index is 2.83. The summed E-state index contributed by atoms with van der Waals surface area (Å²) >= 11 is 0. The van der Waals surface area contributed by atoms with Gasteiger partial charge in [0.05, 0.1) is 12.2 Å². The van der Waals surface area contributed by atoms with Crippen LogP contribution in [0.4, 0.5) is 13.2 Å². The van der Waals surface area contributed by atoms with Crippen molar-refractivity contribution in [3.05, 3.63) is 29.3 Å². The van der Waals surface area contributed by atoms with Crippen LogP contribution in [-0.2, 0) is 6.18 Å². The second-order valence-corrected chi connectivity index (χ2v) is 5.00. The molecule has 0 aliphatic carbocycles. The van der Waals surface area contributed by atoms with E-state index in [-0.39, 0.29) is 11.3 Å². The van der Waals surface area contributed by atoms with Gasteiger partial charge in [0.1, 0.15) is 11.6 Å². The predicted octanol–water partition coefficient (Wildman–Crippen LogP) is 3.80. The fraction of sp³-hybridized carbons (Fsp3) is 0.500. The zero-order valence-corrected chi connectivity index (χ0v) is 11.6. The number of ether oxygens (including phenoxy) is 1. The quantitative estimate of drug-likeness (QED) is 0.475. The van der Waals surface area contributed by atoms with Crippen LogP contribution in [0.2, 0.25) is 0 Å². The molecule has 0 spiro atoms. The molecule has 0 fully saturated rings. The number of halogens is 3. The third kappa shape index (κ3) is 4.75. The number of hydrogen-bond acceptors (Lipinski definition) is 2. The van der Waals surface area contributed by atoms with Gasteiger partial charge in [0.25, 0.3) is 0 Å². The largest absolute Gasteiger partial charge is 0.494 e. The number of nitrogens with two attached hydrogens (primary N) is 1. The van der Waals surface area contributed by atoms with Crippen LogP contribution in [0.25, 0.3) is 0 Å². The van der Waals surface area contributed by atoms with Gasteiger partial charge in [0.15, 0.2) is 0 Å². The van der Waals surface area contributed by atoms with Crippen LogP contribution in [0.1, 0.15) is 37.8 Å². The van der Waals surface area contributed by atoms with Crippen LogP contribution in [0.15, 0.2) is 18.2 Å². The molecule has 112 valence electrons. The molecular weight excluding hydrogens is 269 g/mol. The molecule has 0 aliphatic heterocycles. The van der Waals surface area contributed by atoms with Crippen LogP contribution in [-0.4, -0.2) is 12.4 Å². The summed E-state index contributed by atoms with van der Waals surface area (Å²) in [6, 6.07) is 3.47. The molecule has 0 unspecified atom stereocenters. The maximum Gasteiger partial charge on any atom is 0.417 e. The van der Waals surface area contributed by atoms with E-state index >= 15 is 0 Å². The zero-order chi connectivity index (χ0) is 15.3. The smallest absolute Gasteiger partial charge is 0.417 e. The fourth-order valence-corrected chi connectivity index (χ4v) is 1.76. The Morgan fingerprint density at radius 2 is 2.00 bits per heavy atom. The van der Waals surface area contributed by atoms with E-state index in [2.05, 4.69) is 13.8 Å². The minimum atomic E-state index is -4.56. The molecule has 3 N–H and O–H groups in total. The first-order valence-corrected chi connectivity index (χ1v) is 6.40. The summed E-state index contributed by atoms with van der Waals surface area (Å²) < 4.78 is 43.9. The molecular formula is C14H19F3N2O. The number of nitrogen functional groups attached to an aromatic ring is 1. The van der Waals surface area contributed by atoms with Crippen molar-refractivity contribution in [2.75, 3.05) is 6.61 Å². The molecule has 3 nitrogen and oxygen atoms in total. The van der Waals surface area contributed by atoms with Crippen molar-refractivity contribution in [1.82, 2.24) is 0 Å². The first kappa shape index (κ1) is 16.3. The maximum atomic E-state index is 12.9. The van der Waals surface area contributed by atoms with Gasteiger partial charge in [-0.25, -0.2) is 0 Å². The lowest BCUT2D eigenvalue weighted by atomic mass is 10.1. The third-order valence-electron chi connectivity index (χ3n) is 2.78. The highest BCUT2D eigenvalue weighted by molar-refractivity contribution is 5.96. The summed E-state index contributed by atoms with van der Waals surface area (Å²) in [5.41, 5.74) is 3.89. The van der Waals surface area contributed by atoms with E-state index in [0.717, 1.165) is 18.9 Å². The lowest BCUT2D eigenvalue weighted by Crippen LogP contribution is -2.19. The molecule has 0 amide bonds. The van der Waals surface area contributed by atoms with Gasteiger partial charge in [-0.1, -0.05) is 13.8 Å². The summed E-state index contributed by atoms with van der Waals surface area (Å²) in [4.78, 5) is 0. The Kier molecular flexibility index (Phi) is 5.42. The number of rotatable bonds is 6. The number of nitrogens with one attached hydrogen (secondary N) is 1. The average Bonchev–Trinajstić information content (AvgIpc) is 2.33. The molecule has 1 aromatic rings. The van der Waals surface area contributed by atoms with Gasteiger partial charge in [-0.15, -0.1) is 0 Å². The second-order valence-electron chi connectivity index (χ2n) is 5.00. The van der Waals surface area contributed by atoms with Crippen molar-refractivity contribution in [3.63, 3.8) is 0 Å². The monoisotopic (exact) mass is 288 g/mol. The zero-order valence-electron chi connectivity index (χ0n) is 11.6. The standard InChI is InChI=1S/C14H19F3N2O/c1-9(2)4-3-7-20-10-5-6-11(13(18)19)12(8-10)14(15,16)17/h5-6,8-9H,3-4,7H2,1-2H3,(H3,18,19). The highest BCUT2D eigenvalue weighted by Gasteiger charge is 2.34. The van der Waals surface area contributed by atoms with E-state index in [9.17, 15) is 13.2 Å². The van der Waals surface area contributed by atoms with E-state index in [4.69, 9.17) is 15.9 Å². The highest BCUT2D eigenvalue weighted by atomic mass is 19.4. The van der Waals surface area contributed by atoms with Gasteiger partial charge in [0, 0.05) is 5.56 Å². The molecule has 0 heterocycles. The fourth-order valence-electron chi connectivity index (χ4n) is 1.76. The van der Waals surface area contributed by atoms with Gasteiger partial charge in [-0.3, -0.25) is 5.41 Å². The average molecular weight is 288 g/mol. The Hall–Kier alpha value is -1.72. The number of hydrogen-bond donors (Lipinski definition) is 2. The van der Waals surface area contributed by atoms with Gasteiger partial charge in [0.2, 0.25) is 0 Å². The third-order valence-corrected chi connectivity index (χ3v) is 2.78. The van der Waals surface area contributed by atoms with Crippen LogP contribution in [0.3, 0.4) is 0 Å². The summed E-state index contributed by atoms with van der Waals surface area (Å²) in [5.74, 6) is 0.0687. The first-order chi connectivity index (χ1) is 9.21. The van der Waals surface area contributed by atoms with Gasteiger partial charge < -0.3 is 10.5 Å². The second kappa shape index (κ2) is 6.63. The van der Waals surface area contributed by atoms with Crippen molar-refractivity contribution in [2.24, 2.45) is 11.7 Å². The molecule has 0 atom stereocenters. The van der Waals surface area contributed by atoms with E-state index in [1.165, 1.54) is 12.1 Å². The lowest BCUT2D eigenvalue weighted by Gasteiger charge is -2.14. The highest BCUT2D eigenvalue weighted by Crippen LogP contribution is 2.34. The first-order valence-electron chi connectivity index (χ1n) is 6.40. The van der Waals surface area contributed by atoms with E-state index in [1.807, 2.05) is 0 Å². The molecule has 1 aromatic carbocycles. The Morgan fingerprint density at radius 1 is 1.35 bits per heavy atom. The van der Waals surface area contributed by atoms with Crippen LogP contribution in [0, 0.1) is 11.3 Å². The maximum absolute atomic E-state index is 12.9. The van der Waals surface area contributed by atoms with Crippen molar-refractivity contribution < 1.29 is 17.9 Å². The van der Waals surface area contributed by atoms with Gasteiger partial charge in [-0.2, -0.15) is 13.2 Å². The van der Waals surface area contributed by atoms with E-state index in [0.29, 0.717) is 12.5 Å². The van der Waals surface area contributed by atoms with E-state index in [1.54, 1.807) is 0 Å². The SMILES string of the molecule is CC(C)CCCOc1ccc(C(=N)N)c(C(F)(F)F)c1. The Morgan fingerprint density at radius 3 is 2.50 bits per heavy atom. The minimum Gasteiger partial charge on any atom is -0.494 e. The van der Waals surface area contributed by atoms with Crippen LogP contribution in [0.5, 0.6) is 5.75 Å². The van der Waals surface area contributed by atoms with E-state index < -0.39 is 17.6 Å². The summed E-state index contributed by atoms with van der Waals surface area (Å²) in [6.07, 6.45) is -2.82. The molecule has 0 aliphatic rings. The number of amidine groups is 1. The molecule has 20 heavy (non-hydrogen) atoms. The molecule has 1 rings (SSSR count). The molecule has 0 saturated heterocycles. The topological polar surface area (TPSA) is 59.1 Å². The summed E-state index contributed by atoms with van der Waals surface area (Å²) in [5, 5.41) is 7.18. The number of benzene rings is 1. The molecule has 6 heteroatoms.